The van der Waals surface area contributed by atoms with E-state index in [-0.39, 0.29) is 25.1 Å². The molecule has 2 aliphatic rings. The summed E-state index contributed by atoms with van der Waals surface area (Å²) in [5.74, 6) is 1.09. The summed E-state index contributed by atoms with van der Waals surface area (Å²) in [6, 6.07) is 5.45. The molecule has 1 aliphatic heterocycles. The van der Waals surface area contributed by atoms with Crippen LogP contribution in [0.3, 0.4) is 0 Å². The largest absolute Gasteiger partial charge is 0.454 e. The molecule has 0 radical (unpaired) electrons. The summed E-state index contributed by atoms with van der Waals surface area (Å²) >= 11 is 0. The molecule has 1 aromatic carbocycles. The minimum absolute atomic E-state index is 0.0708. The Labute approximate surface area is 124 Å². The van der Waals surface area contributed by atoms with Crippen LogP contribution in [-0.4, -0.2) is 45.5 Å². The molecule has 0 spiro atoms. The molecule has 116 valence electrons. The Morgan fingerprint density at radius 2 is 2.10 bits per heavy atom. The second kappa shape index (κ2) is 4.86. The first kappa shape index (κ1) is 14.6. The van der Waals surface area contributed by atoms with Crippen LogP contribution in [0.2, 0.25) is 0 Å². The van der Waals surface area contributed by atoms with Crippen LogP contribution in [0.25, 0.3) is 0 Å². The normalized spacial score (nSPS) is 30.4. The fourth-order valence-corrected chi connectivity index (χ4v) is 5.15. The van der Waals surface area contributed by atoms with E-state index < -0.39 is 20.6 Å². The van der Waals surface area contributed by atoms with Gasteiger partial charge in [-0.2, -0.15) is 0 Å². The molecular weight excluding hydrogens is 294 g/mol. The number of rotatable bonds is 5. The van der Waals surface area contributed by atoms with E-state index in [0.29, 0.717) is 11.5 Å². The predicted octanol–water partition coefficient (Wildman–Crippen LogP) is 0.660. The summed E-state index contributed by atoms with van der Waals surface area (Å²) in [5, 5.41) is -0.615. The lowest BCUT2D eigenvalue weighted by Gasteiger charge is -2.10. The zero-order chi connectivity index (χ0) is 15.3. The third-order valence-corrected chi connectivity index (χ3v) is 6.53. The van der Waals surface area contributed by atoms with Gasteiger partial charge in [-0.3, -0.25) is 0 Å². The van der Waals surface area contributed by atoms with Crippen LogP contribution in [0, 0.1) is 0 Å². The van der Waals surface area contributed by atoms with E-state index in [1.807, 2.05) is 12.1 Å². The Morgan fingerprint density at radius 1 is 1.38 bits per heavy atom. The third-order valence-electron chi connectivity index (χ3n) is 4.24. The van der Waals surface area contributed by atoms with E-state index in [1.165, 1.54) is 7.11 Å². The number of fused-ring (bicyclic) bond motifs is 1. The van der Waals surface area contributed by atoms with Crippen molar-refractivity contribution in [2.75, 3.05) is 26.3 Å². The highest BCUT2D eigenvalue weighted by molar-refractivity contribution is 7.92. The molecule has 7 heteroatoms. The molecule has 0 aromatic heterocycles. The van der Waals surface area contributed by atoms with Crippen molar-refractivity contribution >= 4 is 9.84 Å². The lowest BCUT2D eigenvalue weighted by Crippen LogP contribution is -2.36. The lowest BCUT2D eigenvalue weighted by atomic mass is 10.1. The number of hydrogen-bond acceptors (Lipinski definition) is 6. The number of hydrogen-bond donors (Lipinski definition) is 1. The standard InChI is InChI=1S/C14H19NO5S/c1-3-21(16,17)13-12(14(13,15)7-18-2)9-4-5-10-11(6-9)20-8-19-10/h4-6,12-13H,3,7-8,15H2,1-2H3/t12-,13-,14+/m1/s1. The number of sulfone groups is 1. The maximum atomic E-state index is 12.3. The van der Waals surface area contributed by atoms with Gasteiger partial charge in [0.2, 0.25) is 6.79 Å². The Bertz CT molecular complexity index is 659. The Hall–Kier alpha value is -1.31. The van der Waals surface area contributed by atoms with Crippen LogP contribution in [0.5, 0.6) is 11.5 Å². The molecule has 2 N–H and O–H groups in total. The molecule has 0 bridgehead atoms. The second-order valence-electron chi connectivity index (χ2n) is 5.51. The van der Waals surface area contributed by atoms with E-state index in [4.69, 9.17) is 19.9 Å². The highest BCUT2D eigenvalue weighted by Gasteiger charge is 2.68. The molecule has 0 amide bonds. The number of benzene rings is 1. The van der Waals surface area contributed by atoms with Gasteiger partial charge in [0, 0.05) is 18.8 Å². The lowest BCUT2D eigenvalue weighted by molar-refractivity contribution is 0.171. The summed E-state index contributed by atoms with van der Waals surface area (Å²) in [6.07, 6.45) is 0. The number of nitrogens with two attached hydrogens (primary N) is 1. The Kier molecular flexibility index (Phi) is 3.38. The molecule has 6 nitrogen and oxygen atoms in total. The highest BCUT2D eigenvalue weighted by Crippen LogP contribution is 2.55. The molecule has 0 unspecified atom stereocenters. The summed E-state index contributed by atoms with van der Waals surface area (Å²) in [5.41, 5.74) is 6.28. The van der Waals surface area contributed by atoms with Gasteiger partial charge < -0.3 is 19.9 Å². The summed E-state index contributed by atoms with van der Waals surface area (Å²) < 4.78 is 40.3. The van der Waals surface area contributed by atoms with Gasteiger partial charge >= 0.3 is 0 Å². The van der Waals surface area contributed by atoms with Crippen molar-refractivity contribution < 1.29 is 22.6 Å². The first-order chi connectivity index (χ1) is 9.94. The monoisotopic (exact) mass is 313 g/mol. The zero-order valence-electron chi connectivity index (χ0n) is 12.0. The van der Waals surface area contributed by atoms with Crippen LogP contribution in [0.15, 0.2) is 18.2 Å². The van der Waals surface area contributed by atoms with Gasteiger partial charge in [-0.05, 0) is 17.7 Å². The topological polar surface area (TPSA) is 87.9 Å². The summed E-state index contributed by atoms with van der Waals surface area (Å²) in [7, 11) is -1.72. The van der Waals surface area contributed by atoms with E-state index in [9.17, 15) is 8.42 Å². The average Bonchev–Trinajstić information content (AvgIpc) is 2.84. The number of methoxy groups -OCH3 is 1. The van der Waals surface area contributed by atoms with E-state index in [0.717, 1.165) is 5.56 Å². The fourth-order valence-electron chi connectivity index (χ4n) is 3.16. The van der Waals surface area contributed by atoms with Crippen molar-refractivity contribution in [1.29, 1.82) is 0 Å². The zero-order valence-corrected chi connectivity index (χ0v) is 12.9. The molecule has 1 aliphatic carbocycles. The molecule has 1 aromatic rings. The fraction of sp³-hybridized carbons (Fsp3) is 0.571. The smallest absolute Gasteiger partial charge is 0.231 e. The van der Waals surface area contributed by atoms with E-state index in [1.54, 1.807) is 13.0 Å². The minimum atomic E-state index is -3.24. The summed E-state index contributed by atoms with van der Waals surface area (Å²) in [6.45, 7) is 2.03. The first-order valence-corrected chi connectivity index (χ1v) is 8.54. The van der Waals surface area contributed by atoms with Crippen molar-refractivity contribution in [3.05, 3.63) is 23.8 Å². The van der Waals surface area contributed by atoms with Gasteiger partial charge in [-0.25, -0.2) is 8.42 Å². The molecule has 1 fully saturated rings. The average molecular weight is 313 g/mol. The molecule has 3 rings (SSSR count). The first-order valence-electron chi connectivity index (χ1n) is 6.83. The Morgan fingerprint density at radius 3 is 2.76 bits per heavy atom. The van der Waals surface area contributed by atoms with Gasteiger partial charge in [0.15, 0.2) is 21.3 Å². The number of ether oxygens (including phenoxy) is 3. The highest BCUT2D eigenvalue weighted by atomic mass is 32.2. The van der Waals surface area contributed by atoms with E-state index >= 15 is 0 Å². The SMILES string of the molecule is CCS(=O)(=O)[C@@H]1[C@@H](c2ccc3c(c2)OCO3)[C@@]1(N)COC. The van der Waals surface area contributed by atoms with Gasteiger partial charge in [0.25, 0.3) is 0 Å². The molecule has 1 heterocycles. The molecule has 3 atom stereocenters. The van der Waals surface area contributed by atoms with E-state index in [2.05, 4.69) is 0 Å². The van der Waals surface area contributed by atoms with Crippen LogP contribution in [-0.2, 0) is 14.6 Å². The Balaban J connectivity index is 1.97. The summed E-state index contributed by atoms with van der Waals surface area (Å²) in [4.78, 5) is 0. The maximum Gasteiger partial charge on any atom is 0.231 e. The third kappa shape index (κ3) is 2.20. The van der Waals surface area contributed by atoms with Crippen LogP contribution >= 0.6 is 0 Å². The molecular formula is C14H19NO5S. The minimum Gasteiger partial charge on any atom is -0.454 e. The van der Waals surface area contributed by atoms with Crippen LogP contribution < -0.4 is 15.2 Å². The second-order valence-corrected chi connectivity index (χ2v) is 7.92. The molecule has 1 saturated carbocycles. The van der Waals surface area contributed by atoms with Crippen molar-refractivity contribution in [3.8, 4) is 11.5 Å². The van der Waals surface area contributed by atoms with Crippen LogP contribution in [0.1, 0.15) is 18.4 Å². The van der Waals surface area contributed by atoms with Crippen molar-refractivity contribution in [2.24, 2.45) is 5.73 Å². The van der Waals surface area contributed by atoms with Crippen molar-refractivity contribution in [3.63, 3.8) is 0 Å². The van der Waals surface area contributed by atoms with Crippen LogP contribution in [0.4, 0.5) is 0 Å². The van der Waals surface area contributed by atoms with Crippen molar-refractivity contribution in [1.82, 2.24) is 0 Å². The molecule has 21 heavy (non-hydrogen) atoms. The van der Waals surface area contributed by atoms with Crippen molar-refractivity contribution in [2.45, 2.75) is 23.6 Å². The van der Waals surface area contributed by atoms with Gasteiger partial charge in [-0.15, -0.1) is 0 Å². The van der Waals surface area contributed by atoms with Gasteiger partial charge in [0.1, 0.15) is 0 Å². The molecule has 0 saturated heterocycles. The predicted molar refractivity (Wildman–Crippen MR) is 77.3 cm³/mol. The van der Waals surface area contributed by atoms with Gasteiger partial charge in [0.05, 0.1) is 17.4 Å². The quantitative estimate of drug-likeness (QED) is 0.859. The maximum absolute atomic E-state index is 12.3. The van der Waals surface area contributed by atoms with Gasteiger partial charge in [-0.1, -0.05) is 13.0 Å².